The molecule has 0 saturated carbocycles. The van der Waals surface area contributed by atoms with Gasteiger partial charge in [-0.2, -0.15) is 0 Å². The second-order valence-corrected chi connectivity index (χ2v) is 7.47. The molecule has 1 heterocycles. The summed E-state index contributed by atoms with van der Waals surface area (Å²) < 4.78 is 22.8. The SMILES string of the molecule is CC(C)(C)c1ccc(S(C)(=O)=O)s1. The van der Waals surface area contributed by atoms with E-state index in [0.29, 0.717) is 4.21 Å². The summed E-state index contributed by atoms with van der Waals surface area (Å²) >= 11 is 1.36. The largest absolute Gasteiger partial charge is 0.223 e. The quantitative estimate of drug-likeness (QED) is 0.725. The first kappa shape index (κ1) is 10.7. The molecule has 0 fully saturated rings. The molecule has 0 aromatic carbocycles. The van der Waals surface area contributed by atoms with E-state index in [2.05, 4.69) is 20.8 Å². The topological polar surface area (TPSA) is 34.1 Å². The van der Waals surface area contributed by atoms with Gasteiger partial charge in [-0.05, 0) is 17.5 Å². The molecular formula is C9H14O2S2. The molecule has 1 aromatic rings. The molecular weight excluding hydrogens is 204 g/mol. The smallest absolute Gasteiger partial charge is 0.184 e. The first-order chi connectivity index (χ1) is 5.71. The van der Waals surface area contributed by atoms with Gasteiger partial charge in [0.25, 0.3) is 0 Å². The van der Waals surface area contributed by atoms with Crippen molar-refractivity contribution in [1.29, 1.82) is 0 Å². The van der Waals surface area contributed by atoms with E-state index >= 15 is 0 Å². The van der Waals surface area contributed by atoms with Crippen molar-refractivity contribution in [3.05, 3.63) is 17.0 Å². The molecule has 0 aliphatic rings. The maximum Gasteiger partial charge on any atom is 0.184 e. The molecule has 0 amide bonds. The van der Waals surface area contributed by atoms with E-state index < -0.39 is 9.84 Å². The average molecular weight is 218 g/mol. The van der Waals surface area contributed by atoms with E-state index in [1.165, 1.54) is 17.6 Å². The maximum atomic E-state index is 11.2. The Morgan fingerprint density at radius 1 is 1.23 bits per heavy atom. The average Bonchev–Trinajstić information content (AvgIpc) is 2.28. The Hall–Kier alpha value is -0.350. The summed E-state index contributed by atoms with van der Waals surface area (Å²) in [5.74, 6) is 0. The van der Waals surface area contributed by atoms with Crippen LogP contribution in [-0.4, -0.2) is 14.7 Å². The fourth-order valence-corrected chi connectivity index (χ4v) is 2.91. The van der Waals surface area contributed by atoms with Gasteiger partial charge in [0.2, 0.25) is 0 Å². The lowest BCUT2D eigenvalue weighted by Crippen LogP contribution is -2.07. The van der Waals surface area contributed by atoms with E-state index in [1.54, 1.807) is 6.07 Å². The van der Waals surface area contributed by atoms with Gasteiger partial charge in [-0.25, -0.2) is 8.42 Å². The molecule has 0 aliphatic heterocycles. The Kier molecular flexibility index (Phi) is 2.56. The van der Waals surface area contributed by atoms with Crippen LogP contribution in [0.4, 0.5) is 0 Å². The minimum atomic E-state index is -3.02. The summed E-state index contributed by atoms with van der Waals surface area (Å²) in [5, 5.41) is 0. The molecule has 74 valence electrons. The van der Waals surface area contributed by atoms with Gasteiger partial charge in [-0.3, -0.25) is 0 Å². The third-order valence-corrected chi connectivity index (χ3v) is 5.02. The molecule has 0 aliphatic carbocycles. The van der Waals surface area contributed by atoms with E-state index in [-0.39, 0.29) is 5.41 Å². The van der Waals surface area contributed by atoms with Crippen LogP contribution in [0.1, 0.15) is 25.6 Å². The van der Waals surface area contributed by atoms with Crippen LogP contribution in [-0.2, 0) is 15.3 Å². The van der Waals surface area contributed by atoms with Crippen molar-refractivity contribution in [2.75, 3.05) is 6.26 Å². The summed E-state index contributed by atoms with van der Waals surface area (Å²) in [6.07, 6.45) is 1.24. The van der Waals surface area contributed by atoms with Gasteiger partial charge < -0.3 is 0 Å². The van der Waals surface area contributed by atoms with Crippen molar-refractivity contribution in [1.82, 2.24) is 0 Å². The minimum Gasteiger partial charge on any atom is -0.223 e. The fourth-order valence-electron chi connectivity index (χ4n) is 0.923. The Balaban J connectivity index is 3.16. The summed E-state index contributed by atoms with van der Waals surface area (Å²) in [7, 11) is -3.02. The monoisotopic (exact) mass is 218 g/mol. The minimum absolute atomic E-state index is 0.0353. The summed E-state index contributed by atoms with van der Waals surface area (Å²) in [5.41, 5.74) is 0.0353. The Labute approximate surface area is 83.5 Å². The first-order valence-electron chi connectivity index (χ1n) is 4.01. The third kappa shape index (κ3) is 2.54. The molecule has 13 heavy (non-hydrogen) atoms. The van der Waals surface area contributed by atoms with Gasteiger partial charge >= 0.3 is 0 Å². The second kappa shape index (κ2) is 3.10. The predicted octanol–water partition coefficient (Wildman–Crippen LogP) is 2.45. The number of sulfone groups is 1. The lowest BCUT2D eigenvalue weighted by atomic mass is 9.95. The third-order valence-electron chi connectivity index (χ3n) is 1.69. The molecule has 0 atom stereocenters. The van der Waals surface area contributed by atoms with Crippen LogP contribution < -0.4 is 0 Å². The molecule has 0 bridgehead atoms. The molecule has 0 N–H and O–H groups in total. The van der Waals surface area contributed by atoms with Crippen LogP contribution in [0.2, 0.25) is 0 Å². The molecule has 1 aromatic heterocycles. The van der Waals surface area contributed by atoms with Gasteiger partial charge in [0.1, 0.15) is 4.21 Å². The number of hydrogen-bond donors (Lipinski definition) is 0. The highest BCUT2D eigenvalue weighted by Crippen LogP contribution is 2.31. The first-order valence-corrected chi connectivity index (χ1v) is 6.72. The standard InChI is InChI=1S/C9H14O2S2/c1-9(2,3)7-5-6-8(12-7)13(4,10)11/h5-6H,1-4H3. The number of hydrogen-bond acceptors (Lipinski definition) is 3. The lowest BCUT2D eigenvalue weighted by molar-refractivity contribution is 0.604. The second-order valence-electron chi connectivity index (χ2n) is 4.14. The molecule has 0 saturated heterocycles. The Morgan fingerprint density at radius 3 is 2.00 bits per heavy atom. The van der Waals surface area contributed by atoms with Crippen LogP contribution in [0.3, 0.4) is 0 Å². The molecule has 1 rings (SSSR count). The molecule has 4 heteroatoms. The molecule has 0 unspecified atom stereocenters. The number of rotatable bonds is 1. The van der Waals surface area contributed by atoms with Crippen molar-refractivity contribution in [3.8, 4) is 0 Å². The normalized spacial score (nSPS) is 13.2. The van der Waals surface area contributed by atoms with Crippen LogP contribution in [0.15, 0.2) is 16.3 Å². The van der Waals surface area contributed by atoms with E-state index in [1.807, 2.05) is 6.07 Å². The van der Waals surface area contributed by atoms with E-state index in [0.717, 1.165) is 4.88 Å². The van der Waals surface area contributed by atoms with Crippen LogP contribution >= 0.6 is 11.3 Å². The van der Waals surface area contributed by atoms with Crippen molar-refractivity contribution >= 4 is 21.2 Å². The fraction of sp³-hybridized carbons (Fsp3) is 0.556. The zero-order valence-corrected chi connectivity index (χ0v) is 9.92. The van der Waals surface area contributed by atoms with Crippen LogP contribution in [0, 0.1) is 0 Å². The lowest BCUT2D eigenvalue weighted by Gasteiger charge is -2.15. The van der Waals surface area contributed by atoms with Crippen LogP contribution in [0.5, 0.6) is 0 Å². The predicted molar refractivity (Wildman–Crippen MR) is 56.1 cm³/mol. The zero-order valence-electron chi connectivity index (χ0n) is 8.29. The van der Waals surface area contributed by atoms with Crippen molar-refractivity contribution < 1.29 is 8.42 Å². The van der Waals surface area contributed by atoms with Crippen molar-refractivity contribution in [2.24, 2.45) is 0 Å². The van der Waals surface area contributed by atoms with Gasteiger partial charge in [0.05, 0.1) is 0 Å². The highest BCUT2D eigenvalue weighted by atomic mass is 32.2. The van der Waals surface area contributed by atoms with E-state index in [4.69, 9.17) is 0 Å². The maximum absolute atomic E-state index is 11.2. The molecule has 2 nitrogen and oxygen atoms in total. The van der Waals surface area contributed by atoms with Gasteiger partial charge in [-0.15, -0.1) is 11.3 Å². The highest BCUT2D eigenvalue weighted by Gasteiger charge is 2.18. The number of thiophene rings is 1. The van der Waals surface area contributed by atoms with Crippen molar-refractivity contribution in [3.63, 3.8) is 0 Å². The Bertz CT molecular complexity index is 393. The van der Waals surface area contributed by atoms with Gasteiger partial charge in [-0.1, -0.05) is 20.8 Å². The van der Waals surface area contributed by atoms with Crippen molar-refractivity contribution in [2.45, 2.75) is 30.4 Å². The summed E-state index contributed by atoms with van der Waals surface area (Å²) in [6, 6.07) is 3.57. The summed E-state index contributed by atoms with van der Waals surface area (Å²) in [6.45, 7) is 6.22. The van der Waals surface area contributed by atoms with Crippen LogP contribution in [0.25, 0.3) is 0 Å². The zero-order chi connectivity index (χ0) is 10.3. The van der Waals surface area contributed by atoms with Gasteiger partial charge in [0.15, 0.2) is 9.84 Å². The summed E-state index contributed by atoms with van der Waals surface area (Å²) in [4.78, 5) is 1.10. The van der Waals surface area contributed by atoms with E-state index in [9.17, 15) is 8.42 Å². The molecule has 0 radical (unpaired) electrons. The van der Waals surface area contributed by atoms with Gasteiger partial charge in [0, 0.05) is 11.1 Å². The highest BCUT2D eigenvalue weighted by molar-refractivity contribution is 7.92. The Morgan fingerprint density at radius 2 is 1.77 bits per heavy atom. The molecule has 0 spiro atoms.